The van der Waals surface area contributed by atoms with Crippen molar-refractivity contribution in [1.29, 1.82) is 0 Å². The van der Waals surface area contributed by atoms with Crippen molar-refractivity contribution in [3.05, 3.63) is 57.3 Å². The van der Waals surface area contributed by atoms with Gasteiger partial charge in [0, 0.05) is 11.7 Å². The molecule has 3 N–H and O–H groups in total. The number of anilines is 1. The van der Waals surface area contributed by atoms with Gasteiger partial charge >= 0.3 is 0 Å². The zero-order valence-electron chi connectivity index (χ0n) is 13.7. The van der Waals surface area contributed by atoms with Crippen molar-refractivity contribution in [1.82, 2.24) is 4.72 Å². The number of sulfonamides is 1. The molecule has 3 rings (SSSR count). The molecule has 0 aliphatic heterocycles. The number of benzene rings is 2. The highest BCUT2D eigenvalue weighted by atomic mass is 79.9. The average molecular weight is 478 g/mol. The SMILES string of the molecule is O=C(Nc1ccc(F)c(Br)c1)c1cc(S(=O)(=O)NC2CC(O)C2)ccc1Cl. The van der Waals surface area contributed by atoms with Crippen LogP contribution in [0.15, 0.2) is 45.8 Å². The molecule has 0 bridgehead atoms. The van der Waals surface area contributed by atoms with Crippen LogP contribution < -0.4 is 10.0 Å². The Kier molecular flexibility index (Phi) is 5.87. The van der Waals surface area contributed by atoms with E-state index in [2.05, 4.69) is 26.0 Å². The molecule has 6 nitrogen and oxygen atoms in total. The van der Waals surface area contributed by atoms with Crippen molar-refractivity contribution in [2.24, 2.45) is 0 Å². The van der Waals surface area contributed by atoms with Crippen molar-refractivity contribution < 1.29 is 22.7 Å². The summed E-state index contributed by atoms with van der Waals surface area (Å²) in [4.78, 5) is 12.4. The van der Waals surface area contributed by atoms with Gasteiger partial charge in [0.05, 0.1) is 26.1 Å². The van der Waals surface area contributed by atoms with Crippen LogP contribution in [0.4, 0.5) is 10.1 Å². The number of aliphatic hydroxyl groups is 1. The maximum atomic E-state index is 13.3. The molecule has 0 atom stereocenters. The van der Waals surface area contributed by atoms with E-state index >= 15 is 0 Å². The second kappa shape index (κ2) is 7.84. The monoisotopic (exact) mass is 476 g/mol. The molecule has 10 heteroatoms. The summed E-state index contributed by atoms with van der Waals surface area (Å²) in [6.45, 7) is 0. The van der Waals surface area contributed by atoms with E-state index in [-0.39, 0.29) is 26.0 Å². The molecule has 0 unspecified atom stereocenters. The fraction of sp³-hybridized carbons (Fsp3) is 0.235. The molecule has 1 saturated carbocycles. The zero-order chi connectivity index (χ0) is 19.8. The zero-order valence-corrected chi connectivity index (χ0v) is 16.9. The Balaban J connectivity index is 1.81. The number of hydrogen-bond donors (Lipinski definition) is 3. The van der Waals surface area contributed by atoms with Gasteiger partial charge in [-0.2, -0.15) is 0 Å². The minimum atomic E-state index is -3.86. The Bertz CT molecular complexity index is 996. The normalized spacial score (nSPS) is 19.4. The van der Waals surface area contributed by atoms with Gasteiger partial charge in [0.2, 0.25) is 10.0 Å². The van der Waals surface area contributed by atoms with Crippen molar-refractivity contribution in [2.45, 2.75) is 29.9 Å². The highest BCUT2D eigenvalue weighted by Gasteiger charge is 2.31. The van der Waals surface area contributed by atoms with Crippen LogP contribution in [0, 0.1) is 5.82 Å². The lowest BCUT2D eigenvalue weighted by Gasteiger charge is -2.31. The Morgan fingerprint density at radius 3 is 2.56 bits per heavy atom. The molecular weight excluding hydrogens is 463 g/mol. The summed E-state index contributed by atoms with van der Waals surface area (Å²) in [6.07, 6.45) is 0.193. The van der Waals surface area contributed by atoms with Gasteiger partial charge in [0.15, 0.2) is 0 Å². The van der Waals surface area contributed by atoms with Crippen LogP contribution in [0.2, 0.25) is 5.02 Å². The van der Waals surface area contributed by atoms with E-state index in [0.29, 0.717) is 18.5 Å². The van der Waals surface area contributed by atoms with Gasteiger partial charge in [-0.3, -0.25) is 4.79 Å². The van der Waals surface area contributed by atoms with Crippen molar-refractivity contribution in [2.75, 3.05) is 5.32 Å². The minimum absolute atomic E-state index is 0.0337. The van der Waals surface area contributed by atoms with E-state index in [4.69, 9.17) is 11.6 Å². The first-order valence-electron chi connectivity index (χ1n) is 7.92. The number of amides is 1. The highest BCUT2D eigenvalue weighted by Crippen LogP contribution is 2.26. The summed E-state index contributed by atoms with van der Waals surface area (Å²) in [7, 11) is -3.86. The Labute approximate surface area is 168 Å². The summed E-state index contributed by atoms with van der Waals surface area (Å²) in [5.74, 6) is -1.11. The van der Waals surface area contributed by atoms with E-state index in [1.54, 1.807) is 0 Å². The molecule has 1 aliphatic rings. The lowest BCUT2D eigenvalue weighted by atomic mass is 9.91. The summed E-state index contributed by atoms with van der Waals surface area (Å²) in [5, 5.41) is 11.9. The molecular formula is C17H15BrClFN2O4S. The van der Waals surface area contributed by atoms with E-state index in [9.17, 15) is 22.7 Å². The molecule has 1 fully saturated rings. The van der Waals surface area contributed by atoms with Crippen LogP contribution in [0.3, 0.4) is 0 Å². The van der Waals surface area contributed by atoms with E-state index in [0.717, 1.165) is 0 Å². The lowest BCUT2D eigenvalue weighted by Crippen LogP contribution is -2.46. The van der Waals surface area contributed by atoms with Gasteiger partial charge in [-0.05, 0) is 65.2 Å². The Morgan fingerprint density at radius 1 is 1.22 bits per heavy atom. The fourth-order valence-corrected chi connectivity index (χ4v) is 4.46. The molecule has 0 aromatic heterocycles. The van der Waals surface area contributed by atoms with Crippen LogP contribution in [-0.2, 0) is 10.0 Å². The molecule has 0 heterocycles. The van der Waals surface area contributed by atoms with Gasteiger partial charge in [-0.25, -0.2) is 17.5 Å². The quantitative estimate of drug-likeness (QED) is 0.616. The first kappa shape index (κ1) is 20.2. The number of halogens is 3. The van der Waals surface area contributed by atoms with Crippen LogP contribution in [0.1, 0.15) is 23.2 Å². The number of aliphatic hydroxyl groups excluding tert-OH is 1. The third-order valence-corrected chi connectivity index (χ3v) is 6.56. The fourth-order valence-electron chi connectivity index (χ4n) is 2.59. The Morgan fingerprint density at radius 2 is 1.93 bits per heavy atom. The van der Waals surface area contributed by atoms with Gasteiger partial charge in [-0.15, -0.1) is 0 Å². The molecule has 2 aromatic rings. The molecule has 0 saturated heterocycles. The van der Waals surface area contributed by atoms with Gasteiger partial charge in [-0.1, -0.05) is 11.6 Å². The van der Waals surface area contributed by atoms with Crippen molar-refractivity contribution >= 4 is 49.1 Å². The highest BCUT2D eigenvalue weighted by molar-refractivity contribution is 9.10. The van der Waals surface area contributed by atoms with E-state index in [1.165, 1.54) is 36.4 Å². The van der Waals surface area contributed by atoms with Gasteiger partial charge in [0.1, 0.15) is 5.82 Å². The van der Waals surface area contributed by atoms with Crippen LogP contribution in [-0.4, -0.2) is 31.6 Å². The number of carbonyl (C=O) groups excluding carboxylic acids is 1. The molecule has 27 heavy (non-hydrogen) atoms. The number of carbonyl (C=O) groups is 1. The first-order chi connectivity index (χ1) is 12.7. The molecule has 0 radical (unpaired) electrons. The summed E-state index contributed by atoms with van der Waals surface area (Å²) in [5.41, 5.74) is 0.285. The third-order valence-electron chi connectivity index (χ3n) is 4.11. The van der Waals surface area contributed by atoms with Crippen LogP contribution in [0.25, 0.3) is 0 Å². The average Bonchev–Trinajstić information content (AvgIpc) is 2.56. The molecule has 1 amide bonds. The van der Waals surface area contributed by atoms with E-state index in [1.807, 2.05) is 0 Å². The van der Waals surface area contributed by atoms with Crippen molar-refractivity contribution in [3.63, 3.8) is 0 Å². The maximum Gasteiger partial charge on any atom is 0.257 e. The number of hydrogen-bond acceptors (Lipinski definition) is 4. The standard InChI is InChI=1S/C17H15BrClFN2O4S/c18-14-7-9(1-4-16(14)20)21-17(24)13-8-12(2-3-15(13)19)27(25,26)22-10-5-11(23)6-10/h1-4,7-8,10-11,22-23H,5-6H2,(H,21,24). The second-order valence-corrected chi connectivity index (χ2v) is 9.14. The molecule has 144 valence electrons. The maximum absolute atomic E-state index is 13.3. The number of rotatable bonds is 5. The molecule has 1 aliphatic carbocycles. The first-order valence-corrected chi connectivity index (χ1v) is 10.6. The van der Waals surface area contributed by atoms with Gasteiger partial charge < -0.3 is 10.4 Å². The largest absolute Gasteiger partial charge is 0.393 e. The third kappa shape index (κ3) is 4.67. The van der Waals surface area contributed by atoms with Crippen LogP contribution >= 0.6 is 27.5 Å². The van der Waals surface area contributed by atoms with Gasteiger partial charge in [0.25, 0.3) is 5.91 Å². The predicted octanol–water partition coefficient (Wildman–Crippen LogP) is 3.30. The summed E-state index contributed by atoms with van der Waals surface area (Å²) < 4.78 is 40.9. The summed E-state index contributed by atoms with van der Waals surface area (Å²) >= 11 is 9.07. The topological polar surface area (TPSA) is 95.5 Å². The van der Waals surface area contributed by atoms with E-state index < -0.39 is 27.9 Å². The second-order valence-electron chi connectivity index (χ2n) is 6.17. The molecule has 0 spiro atoms. The number of nitrogens with one attached hydrogen (secondary N) is 2. The molecule has 2 aromatic carbocycles. The minimum Gasteiger partial charge on any atom is -0.393 e. The summed E-state index contributed by atoms with van der Waals surface area (Å²) in [6, 6.07) is 7.38. The predicted molar refractivity (Wildman–Crippen MR) is 103 cm³/mol. The lowest BCUT2D eigenvalue weighted by molar-refractivity contribution is 0.0712. The Hall–Kier alpha value is -1.52. The smallest absolute Gasteiger partial charge is 0.257 e. The van der Waals surface area contributed by atoms with Crippen LogP contribution in [0.5, 0.6) is 0 Å². The van der Waals surface area contributed by atoms with Crippen molar-refractivity contribution in [3.8, 4) is 0 Å².